The van der Waals surface area contributed by atoms with Gasteiger partial charge in [-0.25, -0.2) is 9.48 Å². The molecule has 0 bridgehead atoms. The van der Waals surface area contributed by atoms with Crippen molar-refractivity contribution in [2.75, 3.05) is 7.11 Å². The number of benzene rings is 1. The molecule has 0 radical (unpaired) electrons. The number of pyridine rings is 1. The van der Waals surface area contributed by atoms with Crippen LogP contribution in [0, 0.1) is 0 Å². The SMILES string of the molecule is CCCC(C(=O)O)n1cc(OC)c(-c2cc(Cl)ccc2-n2cc(Cl)nn2)cc1=O. The molecule has 0 aliphatic heterocycles. The second kappa shape index (κ2) is 8.67. The van der Waals surface area contributed by atoms with E-state index in [1.807, 2.05) is 6.92 Å². The van der Waals surface area contributed by atoms with Crippen molar-refractivity contribution in [3.63, 3.8) is 0 Å². The van der Waals surface area contributed by atoms with Crippen molar-refractivity contribution in [1.82, 2.24) is 19.6 Å². The first-order valence-electron chi connectivity index (χ1n) is 8.76. The summed E-state index contributed by atoms with van der Waals surface area (Å²) < 4.78 is 8.10. The third-order valence-corrected chi connectivity index (χ3v) is 4.82. The predicted molar refractivity (Wildman–Crippen MR) is 109 cm³/mol. The van der Waals surface area contributed by atoms with Crippen LogP contribution in [-0.2, 0) is 4.79 Å². The molecule has 1 unspecified atom stereocenters. The van der Waals surface area contributed by atoms with Crippen LogP contribution in [0.2, 0.25) is 10.2 Å². The number of carboxylic acids is 1. The van der Waals surface area contributed by atoms with E-state index < -0.39 is 17.6 Å². The topological polar surface area (TPSA) is 99.2 Å². The van der Waals surface area contributed by atoms with Gasteiger partial charge in [-0.1, -0.05) is 41.8 Å². The Kier molecular flexibility index (Phi) is 6.24. The molecule has 10 heteroatoms. The van der Waals surface area contributed by atoms with Gasteiger partial charge in [0.1, 0.15) is 11.8 Å². The van der Waals surface area contributed by atoms with Crippen LogP contribution in [0.4, 0.5) is 0 Å². The van der Waals surface area contributed by atoms with Gasteiger partial charge in [0.15, 0.2) is 5.15 Å². The van der Waals surface area contributed by atoms with Gasteiger partial charge in [0.05, 0.1) is 25.2 Å². The molecule has 2 aromatic heterocycles. The molecule has 0 aliphatic rings. The first-order valence-corrected chi connectivity index (χ1v) is 9.52. The maximum atomic E-state index is 12.8. The molecule has 2 heterocycles. The zero-order valence-electron chi connectivity index (χ0n) is 15.7. The minimum absolute atomic E-state index is 0.206. The Morgan fingerprint density at radius 3 is 2.59 bits per heavy atom. The lowest BCUT2D eigenvalue weighted by Gasteiger charge is -2.19. The minimum Gasteiger partial charge on any atom is -0.495 e. The van der Waals surface area contributed by atoms with Crippen LogP contribution in [0.25, 0.3) is 16.8 Å². The monoisotopic (exact) mass is 436 g/mol. The van der Waals surface area contributed by atoms with Crippen LogP contribution in [0.5, 0.6) is 5.75 Å². The summed E-state index contributed by atoms with van der Waals surface area (Å²) in [6, 6.07) is 5.40. The summed E-state index contributed by atoms with van der Waals surface area (Å²) in [6.07, 6.45) is 3.85. The smallest absolute Gasteiger partial charge is 0.326 e. The Morgan fingerprint density at radius 2 is 2.00 bits per heavy atom. The van der Waals surface area contributed by atoms with E-state index >= 15 is 0 Å². The number of aliphatic carboxylic acids is 1. The Morgan fingerprint density at radius 1 is 1.24 bits per heavy atom. The second-order valence-corrected chi connectivity index (χ2v) is 7.11. The highest BCUT2D eigenvalue weighted by atomic mass is 35.5. The summed E-state index contributed by atoms with van der Waals surface area (Å²) in [7, 11) is 1.44. The number of hydrogen-bond acceptors (Lipinski definition) is 5. The summed E-state index contributed by atoms with van der Waals surface area (Å²) in [5.41, 5.74) is 1.11. The molecule has 152 valence electrons. The van der Waals surface area contributed by atoms with Crippen molar-refractivity contribution in [2.24, 2.45) is 0 Å². The largest absolute Gasteiger partial charge is 0.495 e. The van der Waals surface area contributed by atoms with Crippen molar-refractivity contribution >= 4 is 29.2 Å². The van der Waals surface area contributed by atoms with Crippen molar-refractivity contribution in [1.29, 1.82) is 0 Å². The number of nitrogens with zero attached hydrogens (tertiary/aromatic N) is 4. The number of halogens is 2. The highest BCUT2D eigenvalue weighted by molar-refractivity contribution is 6.31. The van der Waals surface area contributed by atoms with E-state index in [9.17, 15) is 14.7 Å². The number of aromatic nitrogens is 4. The van der Waals surface area contributed by atoms with Gasteiger partial charge in [-0.2, -0.15) is 0 Å². The molecular formula is C19H18Cl2N4O4. The maximum Gasteiger partial charge on any atom is 0.326 e. The summed E-state index contributed by atoms with van der Waals surface area (Å²) in [4.78, 5) is 24.4. The first-order chi connectivity index (χ1) is 13.8. The summed E-state index contributed by atoms with van der Waals surface area (Å²) >= 11 is 12.1. The van der Waals surface area contributed by atoms with Crippen molar-refractivity contribution in [3.05, 3.63) is 57.2 Å². The van der Waals surface area contributed by atoms with E-state index in [1.54, 1.807) is 18.2 Å². The highest BCUT2D eigenvalue weighted by Gasteiger charge is 2.23. The Hall–Kier alpha value is -2.84. The van der Waals surface area contributed by atoms with Gasteiger partial charge < -0.3 is 9.84 Å². The molecule has 0 fully saturated rings. The summed E-state index contributed by atoms with van der Waals surface area (Å²) in [6.45, 7) is 1.86. The van der Waals surface area contributed by atoms with E-state index in [2.05, 4.69) is 10.3 Å². The fourth-order valence-electron chi connectivity index (χ4n) is 3.09. The molecule has 8 nitrogen and oxygen atoms in total. The predicted octanol–water partition coefficient (Wildman–Crippen LogP) is 3.84. The lowest BCUT2D eigenvalue weighted by molar-refractivity contribution is -0.141. The van der Waals surface area contributed by atoms with Crippen LogP contribution in [0.3, 0.4) is 0 Å². The van der Waals surface area contributed by atoms with Crippen LogP contribution < -0.4 is 10.3 Å². The highest BCUT2D eigenvalue weighted by Crippen LogP contribution is 2.35. The fraction of sp³-hybridized carbons (Fsp3) is 0.263. The standard InChI is InChI=1S/C19H18Cl2N4O4/c1-3-4-15(19(27)28)24-9-16(29-2)13(8-18(24)26)12-7-11(20)5-6-14(12)25-10-17(21)22-23-25/h5-10,15H,3-4H2,1-2H3,(H,27,28). The zero-order valence-corrected chi connectivity index (χ0v) is 17.2. The number of hydrogen-bond donors (Lipinski definition) is 1. The zero-order chi connectivity index (χ0) is 21.1. The van der Waals surface area contributed by atoms with Gasteiger partial charge in [-0.05, 0) is 24.6 Å². The molecule has 0 saturated heterocycles. The van der Waals surface area contributed by atoms with E-state index in [0.717, 1.165) is 0 Å². The van der Waals surface area contributed by atoms with Crippen molar-refractivity contribution < 1.29 is 14.6 Å². The molecule has 3 rings (SSSR count). The summed E-state index contributed by atoms with van der Waals surface area (Å²) in [5.74, 6) is -0.758. The van der Waals surface area contributed by atoms with Gasteiger partial charge in [0.25, 0.3) is 5.56 Å². The third-order valence-electron chi connectivity index (χ3n) is 4.41. The number of rotatable bonds is 7. The Balaban J connectivity index is 2.22. The fourth-order valence-corrected chi connectivity index (χ4v) is 3.38. The third kappa shape index (κ3) is 4.28. The quantitative estimate of drug-likeness (QED) is 0.603. The van der Waals surface area contributed by atoms with Gasteiger partial charge in [-0.3, -0.25) is 9.36 Å². The molecule has 3 aromatic rings. The molecule has 0 amide bonds. The molecule has 0 saturated carbocycles. The van der Waals surface area contributed by atoms with Crippen molar-refractivity contribution in [3.8, 4) is 22.6 Å². The number of ether oxygens (including phenoxy) is 1. The lowest BCUT2D eigenvalue weighted by atomic mass is 10.0. The molecular weight excluding hydrogens is 419 g/mol. The van der Waals surface area contributed by atoms with Crippen LogP contribution in [0.15, 0.2) is 41.5 Å². The molecule has 0 aliphatic carbocycles. The maximum absolute atomic E-state index is 12.8. The van der Waals surface area contributed by atoms with Gasteiger partial charge in [-0.15, -0.1) is 5.10 Å². The normalized spacial score (nSPS) is 12.0. The summed E-state index contributed by atoms with van der Waals surface area (Å²) in [5, 5.41) is 17.9. The van der Waals surface area contributed by atoms with Crippen LogP contribution in [-0.4, -0.2) is 37.7 Å². The lowest BCUT2D eigenvalue weighted by Crippen LogP contribution is -2.29. The molecule has 1 aromatic carbocycles. The van der Waals surface area contributed by atoms with Gasteiger partial charge >= 0.3 is 5.97 Å². The van der Waals surface area contributed by atoms with Crippen LogP contribution >= 0.6 is 23.2 Å². The minimum atomic E-state index is -1.08. The molecule has 1 atom stereocenters. The first kappa shape index (κ1) is 20.9. The Bertz CT molecular complexity index is 1110. The molecule has 0 spiro atoms. The van der Waals surface area contributed by atoms with E-state index in [4.69, 9.17) is 27.9 Å². The van der Waals surface area contributed by atoms with Gasteiger partial charge in [0, 0.05) is 22.2 Å². The van der Waals surface area contributed by atoms with Crippen molar-refractivity contribution in [2.45, 2.75) is 25.8 Å². The van der Waals surface area contributed by atoms with E-state index in [1.165, 1.54) is 34.8 Å². The number of carboxylic acid groups (broad SMARTS) is 1. The molecule has 29 heavy (non-hydrogen) atoms. The second-order valence-electron chi connectivity index (χ2n) is 6.29. The average molecular weight is 437 g/mol. The average Bonchev–Trinajstić information content (AvgIpc) is 3.12. The Labute approximate surface area is 176 Å². The van der Waals surface area contributed by atoms with E-state index in [-0.39, 0.29) is 5.15 Å². The number of carbonyl (C=O) groups is 1. The van der Waals surface area contributed by atoms with E-state index in [0.29, 0.717) is 40.4 Å². The van der Waals surface area contributed by atoms with Gasteiger partial charge in [0.2, 0.25) is 0 Å². The molecule has 1 N–H and O–H groups in total. The van der Waals surface area contributed by atoms with Crippen LogP contribution in [0.1, 0.15) is 25.8 Å². The number of methoxy groups -OCH3 is 1.